The van der Waals surface area contributed by atoms with E-state index in [1.54, 1.807) is 0 Å². The number of hydrogen-bond donors (Lipinski definition) is 3. The molecule has 0 radical (unpaired) electrons. The van der Waals surface area contributed by atoms with Crippen LogP contribution in [0, 0.1) is 0 Å². The minimum Gasteiger partial charge on any atom is -0.380 e. The molecule has 3 aromatic carbocycles. The third-order valence-electron chi connectivity index (χ3n) is 4.62. The fraction of sp³-hybridized carbons (Fsp3) is 0.308. The Kier molecular flexibility index (Phi) is 5.88. The predicted molar refractivity (Wildman–Crippen MR) is 128 cm³/mol. The first-order chi connectivity index (χ1) is 13.6. The minimum absolute atomic E-state index is 0.0604. The van der Waals surface area contributed by atoms with Crippen LogP contribution < -0.4 is 16.0 Å². The minimum atomic E-state index is 0.0604. The summed E-state index contributed by atoms with van der Waals surface area (Å²) in [7, 11) is 0. The van der Waals surface area contributed by atoms with E-state index in [0.29, 0.717) is 0 Å². The van der Waals surface area contributed by atoms with Gasteiger partial charge in [0.2, 0.25) is 0 Å². The molecule has 3 aromatic rings. The molecule has 0 aliphatic heterocycles. The molecule has 0 fully saturated rings. The monoisotopic (exact) mass is 387 g/mol. The highest BCUT2D eigenvalue weighted by atomic mass is 15.0. The fourth-order valence-electron chi connectivity index (χ4n) is 3.09. The average Bonchev–Trinajstić information content (AvgIpc) is 2.63. The van der Waals surface area contributed by atoms with E-state index < -0.39 is 0 Å². The number of rotatable bonds is 5. The Morgan fingerprint density at radius 3 is 1.07 bits per heavy atom. The van der Waals surface area contributed by atoms with Gasteiger partial charge in [0.1, 0.15) is 0 Å². The van der Waals surface area contributed by atoms with Crippen molar-refractivity contribution >= 4 is 28.4 Å². The van der Waals surface area contributed by atoms with Gasteiger partial charge in [0.25, 0.3) is 0 Å². The van der Waals surface area contributed by atoms with E-state index in [1.165, 1.54) is 5.56 Å². The van der Waals surface area contributed by atoms with Crippen LogP contribution in [-0.4, -0.2) is 5.54 Å². The van der Waals surface area contributed by atoms with Gasteiger partial charge >= 0.3 is 0 Å². The topological polar surface area (TPSA) is 36.1 Å². The van der Waals surface area contributed by atoms with Crippen molar-refractivity contribution in [2.24, 2.45) is 0 Å². The van der Waals surface area contributed by atoms with Gasteiger partial charge in [-0.25, -0.2) is 0 Å². The summed E-state index contributed by atoms with van der Waals surface area (Å²) in [5.74, 6) is 0. The highest BCUT2D eigenvalue weighted by molar-refractivity contribution is 5.67. The number of benzene rings is 3. The normalized spacial score (nSPS) is 11.8. The van der Waals surface area contributed by atoms with Crippen LogP contribution in [0.15, 0.2) is 72.8 Å². The lowest BCUT2D eigenvalue weighted by Gasteiger charge is -2.22. The molecule has 0 saturated heterocycles. The molecule has 152 valence electrons. The Labute approximate surface area is 175 Å². The molecular weight excluding hydrogens is 354 g/mol. The van der Waals surface area contributed by atoms with Crippen molar-refractivity contribution in [1.82, 2.24) is 0 Å². The van der Waals surface area contributed by atoms with E-state index in [-0.39, 0.29) is 11.0 Å². The molecule has 3 N–H and O–H groups in total. The predicted octanol–water partition coefficient (Wildman–Crippen LogP) is 7.68. The quantitative estimate of drug-likeness (QED) is 0.420. The second-order valence-electron chi connectivity index (χ2n) is 9.61. The fourth-order valence-corrected chi connectivity index (χ4v) is 3.09. The summed E-state index contributed by atoms with van der Waals surface area (Å²) in [6.07, 6.45) is 0. The lowest BCUT2D eigenvalue weighted by molar-refractivity contribution is 0.590. The van der Waals surface area contributed by atoms with E-state index in [9.17, 15) is 0 Å². The van der Waals surface area contributed by atoms with E-state index in [0.717, 1.165) is 28.4 Å². The molecule has 3 rings (SSSR count). The first-order valence-electron chi connectivity index (χ1n) is 10.2. The van der Waals surface area contributed by atoms with Crippen LogP contribution in [0.4, 0.5) is 28.4 Å². The smallest absolute Gasteiger partial charge is 0.0385 e. The van der Waals surface area contributed by atoms with Gasteiger partial charge in [0.15, 0.2) is 0 Å². The van der Waals surface area contributed by atoms with Gasteiger partial charge in [-0.3, -0.25) is 0 Å². The van der Waals surface area contributed by atoms with E-state index in [2.05, 4.69) is 130 Å². The maximum absolute atomic E-state index is 3.48. The Hall–Kier alpha value is -2.94. The molecule has 0 heterocycles. The van der Waals surface area contributed by atoms with Gasteiger partial charge in [-0.05, 0) is 92.4 Å². The van der Waals surface area contributed by atoms with Gasteiger partial charge < -0.3 is 16.0 Å². The van der Waals surface area contributed by atoms with Gasteiger partial charge in [0, 0.05) is 34.0 Å². The molecule has 0 aromatic heterocycles. The van der Waals surface area contributed by atoms with E-state index in [4.69, 9.17) is 0 Å². The maximum Gasteiger partial charge on any atom is 0.0385 e. The Balaban J connectivity index is 1.60. The second kappa shape index (κ2) is 8.20. The zero-order valence-electron chi connectivity index (χ0n) is 18.4. The van der Waals surface area contributed by atoms with Crippen molar-refractivity contribution in [3.05, 3.63) is 78.4 Å². The summed E-state index contributed by atoms with van der Waals surface area (Å²) in [5.41, 5.74) is 7.01. The number of anilines is 5. The summed E-state index contributed by atoms with van der Waals surface area (Å²) in [4.78, 5) is 0. The number of nitrogens with one attached hydrogen (secondary N) is 3. The van der Waals surface area contributed by atoms with Gasteiger partial charge in [0.05, 0.1) is 0 Å². The number of hydrogen-bond acceptors (Lipinski definition) is 3. The van der Waals surface area contributed by atoms with Crippen molar-refractivity contribution in [3.63, 3.8) is 0 Å². The molecule has 0 aliphatic rings. The zero-order valence-corrected chi connectivity index (χ0v) is 18.4. The molecule has 3 nitrogen and oxygen atoms in total. The Morgan fingerprint density at radius 2 is 0.759 bits per heavy atom. The molecular formula is C26H33N3. The third kappa shape index (κ3) is 6.28. The third-order valence-corrected chi connectivity index (χ3v) is 4.62. The van der Waals surface area contributed by atoms with Crippen molar-refractivity contribution < 1.29 is 0 Å². The van der Waals surface area contributed by atoms with E-state index >= 15 is 0 Å². The first-order valence-corrected chi connectivity index (χ1v) is 10.2. The molecule has 0 spiro atoms. The second-order valence-corrected chi connectivity index (χ2v) is 9.61. The van der Waals surface area contributed by atoms with Crippen LogP contribution in [-0.2, 0) is 5.41 Å². The summed E-state index contributed by atoms with van der Waals surface area (Å²) < 4.78 is 0. The van der Waals surface area contributed by atoms with Crippen molar-refractivity contribution in [1.29, 1.82) is 0 Å². The molecule has 0 aliphatic carbocycles. The summed E-state index contributed by atoms with van der Waals surface area (Å²) >= 11 is 0. The highest BCUT2D eigenvalue weighted by Gasteiger charge is 2.12. The highest BCUT2D eigenvalue weighted by Crippen LogP contribution is 2.26. The van der Waals surface area contributed by atoms with Crippen LogP contribution in [0.25, 0.3) is 0 Å². The van der Waals surface area contributed by atoms with Gasteiger partial charge in [-0.2, -0.15) is 0 Å². The van der Waals surface area contributed by atoms with Gasteiger partial charge in [-0.1, -0.05) is 32.9 Å². The molecule has 29 heavy (non-hydrogen) atoms. The van der Waals surface area contributed by atoms with Crippen LogP contribution >= 0.6 is 0 Å². The molecule has 3 heteroatoms. The van der Waals surface area contributed by atoms with Gasteiger partial charge in [-0.15, -0.1) is 0 Å². The van der Waals surface area contributed by atoms with Crippen molar-refractivity contribution in [3.8, 4) is 0 Å². The van der Waals surface area contributed by atoms with Crippen molar-refractivity contribution in [2.45, 2.75) is 52.5 Å². The van der Waals surface area contributed by atoms with Crippen molar-refractivity contribution in [2.75, 3.05) is 16.0 Å². The summed E-state index contributed by atoms with van der Waals surface area (Å²) in [6, 6.07) is 25.4. The lowest BCUT2D eigenvalue weighted by Crippen LogP contribution is -2.25. The molecule has 0 saturated carbocycles. The zero-order chi connectivity index (χ0) is 21.1. The first kappa shape index (κ1) is 20.8. The maximum atomic E-state index is 3.48. The Bertz CT molecular complexity index is 910. The molecule has 0 atom stereocenters. The molecule has 0 unspecified atom stereocenters. The summed E-state index contributed by atoms with van der Waals surface area (Å²) in [6.45, 7) is 13.2. The standard InChI is InChI=1S/C26H33N3/c1-25(2,3)19-7-9-20(10-8-19)27-21-11-13-22(14-12-21)28-23-15-17-24(18-16-23)29-26(4,5)6/h7-18,27-29H,1-6H3. The van der Waals surface area contributed by atoms with Crippen LogP contribution in [0.3, 0.4) is 0 Å². The molecule has 0 amide bonds. The summed E-state index contributed by atoms with van der Waals surface area (Å²) in [5, 5.41) is 10.4. The average molecular weight is 388 g/mol. The van der Waals surface area contributed by atoms with Crippen LogP contribution in [0.2, 0.25) is 0 Å². The largest absolute Gasteiger partial charge is 0.380 e. The van der Waals surface area contributed by atoms with Crippen LogP contribution in [0.1, 0.15) is 47.1 Å². The molecule has 0 bridgehead atoms. The van der Waals surface area contributed by atoms with Crippen LogP contribution in [0.5, 0.6) is 0 Å². The SMILES string of the molecule is CC(C)(C)Nc1ccc(Nc2ccc(Nc3ccc(C(C)(C)C)cc3)cc2)cc1. The lowest BCUT2D eigenvalue weighted by atomic mass is 9.87. The Morgan fingerprint density at radius 1 is 0.448 bits per heavy atom. The van der Waals surface area contributed by atoms with E-state index in [1.807, 2.05) is 0 Å².